The smallest absolute Gasteiger partial charge is 0.178 e. The molecule has 0 fully saturated rings. The lowest BCUT2D eigenvalue weighted by molar-refractivity contribution is 1.07. The Morgan fingerprint density at radius 3 is 2.27 bits per heavy atom. The third kappa shape index (κ3) is 2.46. The minimum Gasteiger partial charge on any atom is -0.378 e. The van der Waals surface area contributed by atoms with E-state index in [-0.39, 0.29) is 0 Å². The van der Waals surface area contributed by atoms with Gasteiger partial charge in [-0.3, -0.25) is 0 Å². The van der Waals surface area contributed by atoms with Crippen LogP contribution in [-0.2, 0) is 0 Å². The van der Waals surface area contributed by atoms with Crippen molar-refractivity contribution in [3.63, 3.8) is 0 Å². The molecule has 0 unspecified atom stereocenters. The maximum atomic E-state index is 4.11. The molecule has 1 aromatic heterocycles. The summed E-state index contributed by atoms with van der Waals surface area (Å²) in [5.74, 6) is 0. The number of benzene rings is 1. The summed E-state index contributed by atoms with van der Waals surface area (Å²) in [6.07, 6.45) is 0. The first-order chi connectivity index (χ1) is 7.16. The maximum Gasteiger partial charge on any atom is 0.178 e. The third-order valence-corrected chi connectivity index (χ3v) is 3.67. The molecule has 2 rings (SSSR count). The SMILES string of the molecule is CN(C)c1ccc(-c2nnc(I)s2)cc1. The second-order valence-electron chi connectivity index (χ2n) is 3.30. The summed E-state index contributed by atoms with van der Waals surface area (Å²) in [6.45, 7) is 0. The van der Waals surface area contributed by atoms with Crippen molar-refractivity contribution in [2.24, 2.45) is 0 Å². The van der Waals surface area contributed by atoms with E-state index < -0.39 is 0 Å². The number of rotatable bonds is 2. The summed E-state index contributed by atoms with van der Waals surface area (Å²) in [6, 6.07) is 8.32. The molecule has 0 atom stereocenters. The van der Waals surface area contributed by atoms with Crippen LogP contribution >= 0.6 is 33.9 Å². The minimum absolute atomic E-state index is 0.972. The van der Waals surface area contributed by atoms with E-state index in [4.69, 9.17) is 0 Å². The largest absolute Gasteiger partial charge is 0.378 e. The number of nitrogens with zero attached hydrogens (tertiary/aromatic N) is 3. The monoisotopic (exact) mass is 331 g/mol. The van der Waals surface area contributed by atoms with Crippen LogP contribution in [-0.4, -0.2) is 24.3 Å². The van der Waals surface area contributed by atoms with Crippen LogP contribution in [0.25, 0.3) is 10.6 Å². The predicted molar refractivity (Wildman–Crippen MR) is 72.4 cm³/mol. The summed E-state index contributed by atoms with van der Waals surface area (Å²) >= 11 is 3.79. The normalized spacial score (nSPS) is 10.3. The highest BCUT2D eigenvalue weighted by molar-refractivity contribution is 14.1. The number of hydrogen-bond donors (Lipinski definition) is 0. The van der Waals surface area contributed by atoms with E-state index in [2.05, 4.69) is 62.0 Å². The van der Waals surface area contributed by atoms with Crippen LogP contribution in [0.2, 0.25) is 0 Å². The average molecular weight is 331 g/mol. The summed E-state index contributed by atoms with van der Waals surface area (Å²) in [5, 5.41) is 9.08. The lowest BCUT2D eigenvalue weighted by atomic mass is 10.2. The summed E-state index contributed by atoms with van der Waals surface area (Å²) < 4.78 is 0.972. The summed E-state index contributed by atoms with van der Waals surface area (Å²) in [7, 11) is 4.06. The zero-order valence-electron chi connectivity index (χ0n) is 8.44. The fourth-order valence-electron chi connectivity index (χ4n) is 1.22. The van der Waals surface area contributed by atoms with Crippen LogP contribution in [0.15, 0.2) is 24.3 Å². The quantitative estimate of drug-likeness (QED) is 0.793. The van der Waals surface area contributed by atoms with Gasteiger partial charge in [-0.1, -0.05) is 11.3 Å². The topological polar surface area (TPSA) is 29.0 Å². The zero-order chi connectivity index (χ0) is 10.8. The molecule has 3 nitrogen and oxygen atoms in total. The number of halogens is 1. The van der Waals surface area contributed by atoms with Gasteiger partial charge in [0.2, 0.25) is 0 Å². The Labute approximate surface area is 106 Å². The van der Waals surface area contributed by atoms with Crippen LogP contribution in [0.3, 0.4) is 0 Å². The molecule has 15 heavy (non-hydrogen) atoms. The maximum absolute atomic E-state index is 4.11. The van der Waals surface area contributed by atoms with Gasteiger partial charge in [0.15, 0.2) is 3.01 Å². The second kappa shape index (κ2) is 4.44. The Morgan fingerprint density at radius 2 is 1.80 bits per heavy atom. The van der Waals surface area contributed by atoms with E-state index in [1.807, 2.05) is 14.1 Å². The number of anilines is 1. The lowest BCUT2D eigenvalue weighted by Gasteiger charge is -2.11. The first kappa shape index (κ1) is 10.8. The molecule has 0 aliphatic carbocycles. The summed E-state index contributed by atoms with van der Waals surface area (Å²) in [5.41, 5.74) is 2.32. The Bertz CT molecular complexity index is 450. The first-order valence-corrected chi connectivity index (χ1v) is 6.33. The van der Waals surface area contributed by atoms with E-state index in [9.17, 15) is 0 Å². The molecule has 0 N–H and O–H groups in total. The van der Waals surface area contributed by atoms with E-state index in [0.717, 1.165) is 13.6 Å². The highest BCUT2D eigenvalue weighted by Gasteiger charge is 2.04. The molecule has 0 saturated heterocycles. The molecule has 0 aliphatic rings. The van der Waals surface area contributed by atoms with E-state index in [1.165, 1.54) is 5.69 Å². The van der Waals surface area contributed by atoms with Crippen molar-refractivity contribution in [1.82, 2.24) is 10.2 Å². The molecule has 0 spiro atoms. The van der Waals surface area contributed by atoms with Crippen LogP contribution in [0.4, 0.5) is 5.69 Å². The van der Waals surface area contributed by atoms with Gasteiger partial charge in [-0.05, 0) is 46.9 Å². The van der Waals surface area contributed by atoms with Crippen LogP contribution in [0.1, 0.15) is 0 Å². The Kier molecular flexibility index (Phi) is 3.20. The Morgan fingerprint density at radius 1 is 1.13 bits per heavy atom. The fourth-order valence-corrected chi connectivity index (χ4v) is 2.53. The molecule has 0 saturated carbocycles. The zero-order valence-corrected chi connectivity index (χ0v) is 11.4. The van der Waals surface area contributed by atoms with Gasteiger partial charge < -0.3 is 4.90 Å². The first-order valence-electron chi connectivity index (χ1n) is 4.43. The lowest BCUT2D eigenvalue weighted by Crippen LogP contribution is -2.07. The van der Waals surface area contributed by atoms with Gasteiger partial charge in [0.25, 0.3) is 0 Å². The molecule has 78 valence electrons. The molecule has 0 radical (unpaired) electrons. The molecule has 1 heterocycles. The molecular formula is C10H10IN3S. The van der Waals surface area contributed by atoms with Gasteiger partial charge >= 0.3 is 0 Å². The average Bonchev–Trinajstić information content (AvgIpc) is 2.65. The van der Waals surface area contributed by atoms with E-state index in [1.54, 1.807) is 11.3 Å². The van der Waals surface area contributed by atoms with E-state index >= 15 is 0 Å². The molecular weight excluding hydrogens is 321 g/mol. The standard InChI is InChI=1S/C10H10IN3S/c1-14(2)8-5-3-7(4-6-8)9-12-13-10(11)15-9/h3-6H,1-2H3. The van der Waals surface area contributed by atoms with Crippen LogP contribution < -0.4 is 4.90 Å². The number of hydrogen-bond acceptors (Lipinski definition) is 4. The van der Waals surface area contributed by atoms with Crippen molar-refractivity contribution < 1.29 is 0 Å². The fraction of sp³-hybridized carbons (Fsp3) is 0.200. The third-order valence-electron chi connectivity index (χ3n) is 2.03. The van der Waals surface area contributed by atoms with Gasteiger partial charge in [-0.25, -0.2) is 0 Å². The van der Waals surface area contributed by atoms with Crippen molar-refractivity contribution >= 4 is 39.6 Å². The van der Waals surface area contributed by atoms with Gasteiger partial charge in [-0.2, -0.15) is 0 Å². The van der Waals surface area contributed by atoms with Crippen LogP contribution in [0, 0.1) is 3.01 Å². The van der Waals surface area contributed by atoms with Crippen molar-refractivity contribution in [3.05, 3.63) is 27.3 Å². The van der Waals surface area contributed by atoms with Gasteiger partial charge in [0, 0.05) is 25.3 Å². The second-order valence-corrected chi connectivity index (χ2v) is 6.03. The van der Waals surface area contributed by atoms with Crippen molar-refractivity contribution in [3.8, 4) is 10.6 Å². The summed E-state index contributed by atoms with van der Waals surface area (Å²) in [4.78, 5) is 2.08. The molecule has 5 heteroatoms. The minimum atomic E-state index is 0.972. The molecule has 2 aromatic rings. The van der Waals surface area contributed by atoms with Gasteiger partial charge in [0.1, 0.15) is 5.01 Å². The predicted octanol–water partition coefficient (Wildman–Crippen LogP) is 2.88. The van der Waals surface area contributed by atoms with Crippen molar-refractivity contribution in [2.45, 2.75) is 0 Å². The Balaban J connectivity index is 2.31. The number of aromatic nitrogens is 2. The van der Waals surface area contributed by atoms with Crippen molar-refractivity contribution in [1.29, 1.82) is 0 Å². The molecule has 1 aromatic carbocycles. The van der Waals surface area contributed by atoms with Crippen LogP contribution in [0.5, 0.6) is 0 Å². The molecule has 0 amide bonds. The Hall–Kier alpha value is -0.690. The highest BCUT2D eigenvalue weighted by Crippen LogP contribution is 2.25. The van der Waals surface area contributed by atoms with E-state index in [0.29, 0.717) is 0 Å². The van der Waals surface area contributed by atoms with Crippen molar-refractivity contribution in [2.75, 3.05) is 19.0 Å². The highest BCUT2D eigenvalue weighted by atomic mass is 127. The molecule has 0 bridgehead atoms. The van der Waals surface area contributed by atoms with Gasteiger partial charge in [0.05, 0.1) is 0 Å². The van der Waals surface area contributed by atoms with Gasteiger partial charge in [-0.15, -0.1) is 10.2 Å². The molecule has 0 aliphatic heterocycles.